The third-order valence-electron chi connectivity index (χ3n) is 2.95. The number of hydrogen-bond acceptors (Lipinski definition) is 3. The molecule has 1 saturated heterocycles. The smallest absolute Gasteiger partial charge is 0.308 e. The van der Waals surface area contributed by atoms with Crippen LogP contribution in [0.15, 0.2) is 0 Å². The Hall–Kier alpha value is -1.10. The highest BCUT2D eigenvalue weighted by Gasteiger charge is 2.36. The minimum Gasteiger partial charge on any atom is -0.481 e. The fourth-order valence-corrected chi connectivity index (χ4v) is 1.95. The summed E-state index contributed by atoms with van der Waals surface area (Å²) in [5.74, 6) is -1.21. The topological polar surface area (TPSA) is 66.8 Å². The molecule has 0 radical (unpaired) electrons. The molecule has 2 unspecified atom stereocenters. The molecule has 5 nitrogen and oxygen atoms in total. The molecule has 1 aliphatic rings. The third-order valence-corrected chi connectivity index (χ3v) is 2.95. The van der Waals surface area contributed by atoms with E-state index in [0.717, 1.165) is 0 Å². The van der Waals surface area contributed by atoms with Gasteiger partial charge in [0.05, 0.1) is 18.9 Å². The molecule has 0 bridgehead atoms. The van der Waals surface area contributed by atoms with Crippen LogP contribution in [0.1, 0.15) is 20.3 Å². The van der Waals surface area contributed by atoms with Crippen LogP contribution in [0.2, 0.25) is 0 Å². The van der Waals surface area contributed by atoms with Crippen LogP contribution in [0, 0.1) is 11.8 Å². The summed E-state index contributed by atoms with van der Waals surface area (Å²) in [6.07, 6.45) is 0.340. The van der Waals surface area contributed by atoms with Crippen LogP contribution < -0.4 is 0 Å². The Labute approximate surface area is 95.4 Å². The first-order chi connectivity index (χ1) is 7.56. The van der Waals surface area contributed by atoms with Gasteiger partial charge in [0.2, 0.25) is 5.91 Å². The molecule has 1 rings (SSSR count). The number of ether oxygens (including phenoxy) is 1. The van der Waals surface area contributed by atoms with Crippen molar-refractivity contribution in [2.75, 3.05) is 26.3 Å². The number of carbonyl (C=O) groups is 2. The van der Waals surface area contributed by atoms with Crippen molar-refractivity contribution in [2.45, 2.75) is 20.3 Å². The van der Waals surface area contributed by atoms with E-state index in [9.17, 15) is 9.59 Å². The van der Waals surface area contributed by atoms with Crippen LogP contribution in [0.5, 0.6) is 0 Å². The van der Waals surface area contributed by atoms with Crippen molar-refractivity contribution in [2.24, 2.45) is 11.8 Å². The van der Waals surface area contributed by atoms with E-state index < -0.39 is 11.9 Å². The number of nitrogens with zero attached hydrogens (tertiary/aromatic N) is 1. The highest BCUT2D eigenvalue weighted by Crippen LogP contribution is 2.23. The second kappa shape index (κ2) is 5.84. The minimum absolute atomic E-state index is 0.0101. The normalized spacial score (nSPS) is 24.8. The average molecular weight is 229 g/mol. The monoisotopic (exact) mass is 229 g/mol. The highest BCUT2D eigenvalue weighted by molar-refractivity contribution is 5.79. The summed E-state index contributed by atoms with van der Waals surface area (Å²) in [6, 6.07) is 0. The van der Waals surface area contributed by atoms with Gasteiger partial charge in [-0.2, -0.15) is 0 Å². The van der Waals surface area contributed by atoms with Gasteiger partial charge in [-0.3, -0.25) is 9.59 Å². The first-order valence-corrected chi connectivity index (χ1v) is 5.64. The zero-order chi connectivity index (χ0) is 12.1. The summed E-state index contributed by atoms with van der Waals surface area (Å²) in [4.78, 5) is 24.2. The predicted octanol–water partition coefficient (Wildman–Crippen LogP) is 0.592. The molecule has 2 atom stereocenters. The van der Waals surface area contributed by atoms with Gasteiger partial charge in [-0.25, -0.2) is 0 Å². The van der Waals surface area contributed by atoms with Gasteiger partial charge >= 0.3 is 5.97 Å². The van der Waals surface area contributed by atoms with Crippen LogP contribution in [-0.2, 0) is 14.3 Å². The lowest BCUT2D eigenvalue weighted by Gasteiger charge is -2.15. The van der Waals surface area contributed by atoms with Gasteiger partial charge in [0.15, 0.2) is 0 Å². The number of carbonyl (C=O) groups excluding carboxylic acids is 1. The molecule has 1 heterocycles. The number of hydrogen-bond donors (Lipinski definition) is 1. The van der Waals surface area contributed by atoms with E-state index in [1.165, 1.54) is 0 Å². The van der Waals surface area contributed by atoms with E-state index in [4.69, 9.17) is 9.84 Å². The Kier molecular flexibility index (Phi) is 4.73. The van der Waals surface area contributed by atoms with Crippen molar-refractivity contribution >= 4 is 11.9 Å². The van der Waals surface area contributed by atoms with Crippen LogP contribution in [0.25, 0.3) is 0 Å². The first kappa shape index (κ1) is 13.0. The Morgan fingerprint density at radius 2 is 2.12 bits per heavy atom. The molecule has 0 saturated carbocycles. The number of amides is 1. The summed E-state index contributed by atoms with van der Waals surface area (Å²) in [7, 11) is 0. The average Bonchev–Trinajstić information content (AvgIpc) is 2.60. The molecule has 0 aromatic rings. The second-order valence-electron chi connectivity index (χ2n) is 4.17. The SMILES string of the molecule is CCOCCC(=O)N1CC(C)C(C(=O)O)C1. The maximum Gasteiger partial charge on any atom is 0.308 e. The number of carboxylic acids is 1. The number of carboxylic acid groups (broad SMARTS) is 1. The highest BCUT2D eigenvalue weighted by atomic mass is 16.5. The number of aliphatic carboxylic acids is 1. The standard InChI is InChI=1S/C11H19NO4/c1-3-16-5-4-10(13)12-6-8(2)9(7-12)11(14)15/h8-9H,3-7H2,1-2H3,(H,14,15). The lowest BCUT2D eigenvalue weighted by atomic mass is 9.99. The maximum atomic E-state index is 11.7. The minimum atomic E-state index is -0.812. The van der Waals surface area contributed by atoms with Crippen molar-refractivity contribution < 1.29 is 19.4 Å². The van der Waals surface area contributed by atoms with Gasteiger partial charge in [-0.15, -0.1) is 0 Å². The Bertz CT molecular complexity index is 267. The molecular weight excluding hydrogens is 210 g/mol. The summed E-state index contributed by atoms with van der Waals surface area (Å²) < 4.78 is 5.10. The van der Waals surface area contributed by atoms with Crippen LogP contribution in [0.4, 0.5) is 0 Å². The zero-order valence-corrected chi connectivity index (χ0v) is 9.81. The molecule has 0 aliphatic carbocycles. The van der Waals surface area contributed by atoms with Gasteiger partial charge < -0.3 is 14.7 Å². The molecule has 1 fully saturated rings. The zero-order valence-electron chi connectivity index (χ0n) is 9.81. The van der Waals surface area contributed by atoms with Gasteiger partial charge in [0.1, 0.15) is 0 Å². The van der Waals surface area contributed by atoms with E-state index in [-0.39, 0.29) is 11.8 Å². The summed E-state index contributed by atoms with van der Waals surface area (Å²) in [6.45, 7) is 5.64. The molecule has 1 amide bonds. The molecule has 1 N–H and O–H groups in total. The summed E-state index contributed by atoms with van der Waals surface area (Å²) in [5, 5.41) is 8.93. The van der Waals surface area contributed by atoms with Gasteiger partial charge in [-0.05, 0) is 12.8 Å². The fourth-order valence-electron chi connectivity index (χ4n) is 1.95. The Morgan fingerprint density at radius 1 is 1.44 bits per heavy atom. The van der Waals surface area contributed by atoms with E-state index in [1.807, 2.05) is 13.8 Å². The van der Waals surface area contributed by atoms with Crippen molar-refractivity contribution in [1.29, 1.82) is 0 Å². The number of rotatable bonds is 5. The Morgan fingerprint density at radius 3 is 2.62 bits per heavy atom. The molecule has 92 valence electrons. The molecule has 5 heteroatoms. The fraction of sp³-hybridized carbons (Fsp3) is 0.818. The van der Waals surface area contributed by atoms with Crippen LogP contribution in [0.3, 0.4) is 0 Å². The second-order valence-corrected chi connectivity index (χ2v) is 4.17. The van der Waals surface area contributed by atoms with Crippen LogP contribution in [-0.4, -0.2) is 48.2 Å². The van der Waals surface area contributed by atoms with Crippen molar-refractivity contribution in [3.63, 3.8) is 0 Å². The third kappa shape index (κ3) is 3.20. The van der Waals surface area contributed by atoms with Gasteiger partial charge in [0, 0.05) is 19.7 Å². The van der Waals surface area contributed by atoms with Crippen LogP contribution >= 0.6 is 0 Å². The molecule has 1 aliphatic heterocycles. The molecule has 0 aromatic carbocycles. The Balaban J connectivity index is 2.39. The summed E-state index contributed by atoms with van der Waals surface area (Å²) in [5.41, 5.74) is 0. The van der Waals surface area contributed by atoms with E-state index in [0.29, 0.717) is 32.7 Å². The molecule has 16 heavy (non-hydrogen) atoms. The maximum absolute atomic E-state index is 11.7. The van der Waals surface area contributed by atoms with Gasteiger partial charge in [0.25, 0.3) is 0 Å². The quantitative estimate of drug-likeness (QED) is 0.701. The largest absolute Gasteiger partial charge is 0.481 e. The van der Waals surface area contributed by atoms with Crippen molar-refractivity contribution in [3.05, 3.63) is 0 Å². The molecule has 0 spiro atoms. The van der Waals surface area contributed by atoms with E-state index in [1.54, 1.807) is 4.90 Å². The first-order valence-electron chi connectivity index (χ1n) is 5.64. The van der Waals surface area contributed by atoms with Gasteiger partial charge in [-0.1, -0.05) is 6.92 Å². The van der Waals surface area contributed by atoms with Crippen molar-refractivity contribution in [1.82, 2.24) is 4.90 Å². The van der Waals surface area contributed by atoms with E-state index >= 15 is 0 Å². The molecular formula is C11H19NO4. The molecule has 0 aromatic heterocycles. The van der Waals surface area contributed by atoms with E-state index in [2.05, 4.69) is 0 Å². The summed E-state index contributed by atoms with van der Waals surface area (Å²) >= 11 is 0. The number of likely N-dealkylation sites (tertiary alicyclic amines) is 1. The lowest BCUT2D eigenvalue weighted by Crippen LogP contribution is -2.30. The lowest BCUT2D eigenvalue weighted by molar-refractivity contribution is -0.142. The predicted molar refractivity (Wildman–Crippen MR) is 58.0 cm³/mol. The van der Waals surface area contributed by atoms with Crippen molar-refractivity contribution in [3.8, 4) is 0 Å².